The van der Waals surface area contributed by atoms with Crippen molar-refractivity contribution in [3.05, 3.63) is 29.8 Å². The van der Waals surface area contributed by atoms with Crippen LogP contribution in [0.2, 0.25) is 0 Å². The van der Waals surface area contributed by atoms with Crippen molar-refractivity contribution in [1.29, 1.82) is 0 Å². The van der Waals surface area contributed by atoms with Gasteiger partial charge in [-0.15, -0.1) is 11.8 Å². The summed E-state index contributed by atoms with van der Waals surface area (Å²) in [7, 11) is 0. The summed E-state index contributed by atoms with van der Waals surface area (Å²) in [5.41, 5.74) is 0. The van der Waals surface area contributed by atoms with E-state index in [-0.39, 0.29) is 29.7 Å². The number of hydrogen-bond acceptors (Lipinski definition) is 3. The van der Waals surface area contributed by atoms with Crippen LogP contribution in [-0.2, 0) is 4.79 Å². The molecule has 0 saturated heterocycles. The zero-order valence-corrected chi connectivity index (χ0v) is 9.19. The third-order valence-electron chi connectivity index (χ3n) is 1.69. The van der Waals surface area contributed by atoms with Crippen molar-refractivity contribution in [2.45, 2.75) is 4.90 Å². The molecule has 2 N–H and O–H groups in total. The van der Waals surface area contributed by atoms with E-state index in [1.165, 1.54) is 6.07 Å². The van der Waals surface area contributed by atoms with Gasteiger partial charge in [0.2, 0.25) is 5.91 Å². The van der Waals surface area contributed by atoms with E-state index in [0.29, 0.717) is 0 Å². The Kier molecular flexibility index (Phi) is 5.21. The van der Waals surface area contributed by atoms with Crippen molar-refractivity contribution < 1.29 is 18.7 Å². The van der Waals surface area contributed by atoms with Gasteiger partial charge in [0, 0.05) is 17.5 Å². The normalized spacial score (nSPS) is 10.2. The molecule has 0 aromatic heterocycles. The lowest BCUT2D eigenvalue weighted by atomic mass is 10.3. The summed E-state index contributed by atoms with van der Waals surface area (Å²) in [5, 5.41) is 10.9. The molecular formula is C10H11F2NO2S. The molecule has 0 unspecified atom stereocenters. The second-order valence-electron chi connectivity index (χ2n) is 2.94. The van der Waals surface area contributed by atoms with Gasteiger partial charge in [-0.05, 0) is 12.1 Å². The van der Waals surface area contributed by atoms with Gasteiger partial charge in [-0.3, -0.25) is 4.79 Å². The van der Waals surface area contributed by atoms with Crippen LogP contribution in [0.3, 0.4) is 0 Å². The highest BCUT2D eigenvalue weighted by Crippen LogP contribution is 2.21. The molecule has 16 heavy (non-hydrogen) atoms. The van der Waals surface area contributed by atoms with Gasteiger partial charge < -0.3 is 10.4 Å². The number of amides is 1. The number of rotatable bonds is 5. The first kappa shape index (κ1) is 12.9. The van der Waals surface area contributed by atoms with Gasteiger partial charge in [0.1, 0.15) is 11.6 Å². The lowest BCUT2D eigenvalue weighted by Gasteiger charge is -2.04. The molecule has 0 bridgehead atoms. The third kappa shape index (κ3) is 4.16. The molecule has 0 fully saturated rings. The minimum Gasteiger partial charge on any atom is -0.395 e. The monoisotopic (exact) mass is 247 g/mol. The van der Waals surface area contributed by atoms with Gasteiger partial charge in [0.15, 0.2) is 0 Å². The van der Waals surface area contributed by atoms with Crippen LogP contribution in [-0.4, -0.2) is 29.9 Å². The van der Waals surface area contributed by atoms with Crippen molar-refractivity contribution >= 4 is 17.7 Å². The van der Waals surface area contributed by atoms with Gasteiger partial charge in [0.05, 0.1) is 12.4 Å². The highest BCUT2D eigenvalue weighted by molar-refractivity contribution is 8.00. The van der Waals surface area contributed by atoms with Crippen molar-refractivity contribution in [1.82, 2.24) is 5.32 Å². The molecule has 0 aliphatic carbocycles. The van der Waals surface area contributed by atoms with Crippen LogP contribution in [0.25, 0.3) is 0 Å². The maximum absolute atomic E-state index is 13.1. The number of carbonyl (C=O) groups excluding carboxylic acids is 1. The number of halogens is 2. The van der Waals surface area contributed by atoms with E-state index in [0.717, 1.165) is 23.9 Å². The number of hydrogen-bond donors (Lipinski definition) is 2. The fourth-order valence-electron chi connectivity index (χ4n) is 0.982. The van der Waals surface area contributed by atoms with E-state index >= 15 is 0 Å². The van der Waals surface area contributed by atoms with E-state index in [4.69, 9.17) is 5.11 Å². The van der Waals surface area contributed by atoms with Crippen LogP contribution in [0.4, 0.5) is 8.78 Å². The lowest BCUT2D eigenvalue weighted by Crippen LogP contribution is -2.27. The van der Waals surface area contributed by atoms with E-state index in [1.807, 2.05) is 0 Å². The molecule has 0 aliphatic heterocycles. The Morgan fingerprint density at radius 2 is 2.19 bits per heavy atom. The highest BCUT2D eigenvalue weighted by Gasteiger charge is 2.07. The number of benzene rings is 1. The third-order valence-corrected chi connectivity index (χ3v) is 2.74. The molecule has 0 atom stereocenters. The molecule has 6 heteroatoms. The Balaban J connectivity index is 2.45. The van der Waals surface area contributed by atoms with Gasteiger partial charge in [-0.25, -0.2) is 8.78 Å². The van der Waals surface area contributed by atoms with Crippen molar-refractivity contribution in [2.24, 2.45) is 0 Å². The van der Waals surface area contributed by atoms with Crippen molar-refractivity contribution in [3.8, 4) is 0 Å². The molecule has 0 spiro atoms. The summed E-state index contributed by atoms with van der Waals surface area (Å²) in [4.78, 5) is 11.3. The highest BCUT2D eigenvalue weighted by atomic mass is 32.2. The molecule has 0 radical (unpaired) electrons. The first-order chi connectivity index (χ1) is 7.63. The standard InChI is InChI=1S/C10H11F2NO2S/c11-7-1-2-9(8(12)5-7)16-6-10(15)13-3-4-14/h1-2,5,14H,3-4,6H2,(H,13,15). The Labute approximate surface area is 95.9 Å². The second kappa shape index (κ2) is 6.44. The molecule has 88 valence electrons. The largest absolute Gasteiger partial charge is 0.395 e. The quantitative estimate of drug-likeness (QED) is 0.768. The predicted molar refractivity (Wildman–Crippen MR) is 57.2 cm³/mol. The summed E-state index contributed by atoms with van der Waals surface area (Å²) in [6.07, 6.45) is 0. The van der Waals surface area contributed by atoms with Gasteiger partial charge >= 0.3 is 0 Å². The van der Waals surface area contributed by atoms with Crippen LogP contribution < -0.4 is 5.32 Å². The zero-order chi connectivity index (χ0) is 12.0. The number of aliphatic hydroxyl groups excluding tert-OH is 1. The Morgan fingerprint density at radius 1 is 1.44 bits per heavy atom. The maximum Gasteiger partial charge on any atom is 0.230 e. The number of nitrogens with one attached hydrogen (secondary N) is 1. The fraction of sp³-hybridized carbons (Fsp3) is 0.300. The van der Waals surface area contributed by atoms with E-state index < -0.39 is 11.6 Å². The smallest absolute Gasteiger partial charge is 0.230 e. The molecule has 3 nitrogen and oxygen atoms in total. The van der Waals surface area contributed by atoms with E-state index in [2.05, 4.69) is 5.32 Å². The maximum atomic E-state index is 13.1. The Hall–Kier alpha value is -1.14. The minimum atomic E-state index is -0.681. The summed E-state index contributed by atoms with van der Waals surface area (Å²) >= 11 is 0.979. The number of carbonyl (C=O) groups is 1. The first-order valence-corrected chi connectivity index (χ1v) is 5.57. The average molecular weight is 247 g/mol. The molecule has 1 aromatic rings. The molecule has 0 saturated carbocycles. The zero-order valence-electron chi connectivity index (χ0n) is 8.37. The lowest BCUT2D eigenvalue weighted by molar-refractivity contribution is -0.118. The van der Waals surface area contributed by atoms with Crippen LogP contribution in [0, 0.1) is 11.6 Å². The Bertz CT molecular complexity index is 374. The van der Waals surface area contributed by atoms with E-state index in [1.54, 1.807) is 0 Å². The molecule has 1 amide bonds. The van der Waals surface area contributed by atoms with E-state index in [9.17, 15) is 13.6 Å². The first-order valence-electron chi connectivity index (χ1n) is 4.59. The van der Waals surface area contributed by atoms with Gasteiger partial charge in [0.25, 0.3) is 0 Å². The molecule has 1 rings (SSSR count). The number of thioether (sulfide) groups is 1. The fourth-order valence-corrected chi connectivity index (χ4v) is 1.73. The summed E-state index contributed by atoms with van der Waals surface area (Å²) in [5.74, 6) is -1.60. The molecule has 0 aliphatic rings. The second-order valence-corrected chi connectivity index (χ2v) is 3.95. The number of aliphatic hydroxyl groups is 1. The van der Waals surface area contributed by atoms with Crippen LogP contribution in [0.1, 0.15) is 0 Å². The van der Waals surface area contributed by atoms with Crippen LogP contribution >= 0.6 is 11.8 Å². The van der Waals surface area contributed by atoms with Crippen LogP contribution in [0.15, 0.2) is 23.1 Å². The Morgan fingerprint density at radius 3 is 2.81 bits per heavy atom. The SMILES string of the molecule is O=C(CSc1ccc(F)cc1F)NCCO. The van der Waals surface area contributed by atoms with Crippen molar-refractivity contribution in [2.75, 3.05) is 18.9 Å². The summed E-state index contributed by atoms with van der Waals surface area (Å²) in [6, 6.07) is 3.19. The molecule has 0 heterocycles. The van der Waals surface area contributed by atoms with Crippen LogP contribution in [0.5, 0.6) is 0 Å². The minimum absolute atomic E-state index is 0.0303. The van der Waals surface area contributed by atoms with Crippen molar-refractivity contribution in [3.63, 3.8) is 0 Å². The predicted octanol–water partition coefficient (Wildman–Crippen LogP) is 1.17. The van der Waals surface area contributed by atoms with Gasteiger partial charge in [-0.1, -0.05) is 0 Å². The van der Waals surface area contributed by atoms with Gasteiger partial charge in [-0.2, -0.15) is 0 Å². The molecule has 1 aromatic carbocycles. The molecular weight excluding hydrogens is 236 g/mol. The summed E-state index contributed by atoms with van der Waals surface area (Å²) in [6.45, 7) is 0.0343. The average Bonchev–Trinajstić information content (AvgIpc) is 2.25. The summed E-state index contributed by atoms with van der Waals surface area (Å²) < 4.78 is 25.7. The topological polar surface area (TPSA) is 49.3 Å².